The molecule has 1 aliphatic heterocycles. The third-order valence-corrected chi connectivity index (χ3v) is 4.82. The molecule has 4 rings (SSSR count). The zero-order valence-electron chi connectivity index (χ0n) is 14.8. The Balaban J connectivity index is 1.39. The summed E-state index contributed by atoms with van der Waals surface area (Å²) in [4.78, 5) is 15.5. The first kappa shape index (κ1) is 16.7. The topological polar surface area (TPSA) is 67.1 Å². The van der Waals surface area contributed by atoms with Crippen molar-refractivity contribution in [3.8, 4) is 0 Å². The molecule has 0 saturated heterocycles. The van der Waals surface area contributed by atoms with E-state index < -0.39 is 0 Å². The van der Waals surface area contributed by atoms with Crippen molar-refractivity contribution >= 4 is 5.82 Å². The summed E-state index contributed by atoms with van der Waals surface area (Å²) in [6.45, 7) is 3.78. The maximum absolute atomic E-state index is 5.19. The van der Waals surface area contributed by atoms with E-state index in [1.54, 1.807) is 12.6 Å². The summed E-state index contributed by atoms with van der Waals surface area (Å²) in [5, 5.41) is 3.50. The Morgan fingerprint density at radius 2 is 1.92 bits per heavy atom. The van der Waals surface area contributed by atoms with Crippen LogP contribution >= 0.6 is 0 Å². The molecule has 0 radical (unpaired) electrons. The number of aromatic nitrogens is 3. The molecule has 1 aliphatic rings. The molecule has 0 aromatic carbocycles. The number of anilines is 1. The van der Waals surface area contributed by atoms with Crippen molar-refractivity contribution in [2.75, 3.05) is 25.0 Å². The van der Waals surface area contributed by atoms with E-state index in [1.165, 1.54) is 22.4 Å². The Bertz CT molecular complexity index is 819. The van der Waals surface area contributed by atoms with E-state index in [0.717, 1.165) is 51.3 Å². The van der Waals surface area contributed by atoms with Gasteiger partial charge in [-0.05, 0) is 36.6 Å². The number of nitrogens with zero attached hydrogens (tertiary/aromatic N) is 4. The number of fused-ring (bicyclic) bond motifs is 1. The highest BCUT2D eigenvalue weighted by atomic mass is 16.3. The van der Waals surface area contributed by atoms with Gasteiger partial charge in [0, 0.05) is 56.1 Å². The molecule has 1 N–H and O–H groups in total. The van der Waals surface area contributed by atoms with Crippen LogP contribution in [0.1, 0.15) is 22.4 Å². The van der Waals surface area contributed by atoms with Crippen molar-refractivity contribution in [1.29, 1.82) is 0 Å². The Kier molecular flexibility index (Phi) is 5.21. The molecule has 0 atom stereocenters. The molecule has 6 nitrogen and oxygen atoms in total. The average molecular weight is 349 g/mol. The summed E-state index contributed by atoms with van der Waals surface area (Å²) < 4.78 is 5.19. The number of furan rings is 1. The lowest BCUT2D eigenvalue weighted by molar-refractivity contribution is 0.278. The Morgan fingerprint density at radius 1 is 1.04 bits per heavy atom. The molecule has 0 spiro atoms. The van der Waals surface area contributed by atoms with Crippen LogP contribution in [0.3, 0.4) is 0 Å². The Labute approximate surface area is 153 Å². The van der Waals surface area contributed by atoms with Crippen molar-refractivity contribution < 1.29 is 4.42 Å². The van der Waals surface area contributed by atoms with Gasteiger partial charge >= 0.3 is 0 Å². The number of hydrogen-bond donors (Lipinski definition) is 1. The van der Waals surface area contributed by atoms with Crippen LogP contribution in [0.4, 0.5) is 5.82 Å². The van der Waals surface area contributed by atoms with E-state index in [9.17, 15) is 0 Å². The highest BCUT2D eigenvalue weighted by Gasteiger charge is 2.18. The van der Waals surface area contributed by atoms with Gasteiger partial charge < -0.3 is 9.73 Å². The zero-order chi connectivity index (χ0) is 17.6. The summed E-state index contributed by atoms with van der Waals surface area (Å²) in [6, 6.07) is 6.13. The predicted molar refractivity (Wildman–Crippen MR) is 99.9 cm³/mol. The third kappa shape index (κ3) is 4.08. The molecule has 0 aliphatic carbocycles. The van der Waals surface area contributed by atoms with Crippen LogP contribution in [0.25, 0.3) is 0 Å². The fourth-order valence-corrected chi connectivity index (χ4v) is 3.40. The first-order chi connectivity index (χ1) is 12.9. The normalized spacial score (nSPS) is 14.6. The Hall–Kier alpha value is -2.73. The highest BCUT2D eigenvalue weighted by molar-refractivity contribution is 5.46. The van der Waals surface area contributed by atoms with Gasteiger partial charge in [-0.25, -0.2) is 9.97 Å². The molecule has 0 amide bonds. The van der Waals surface area contributed by atoms with E-state index >= 15 is 0 Å². The lowest BCUT2D eigenvalue weighted by Crippen LogP contribution is -2.25. The molecule has 0 saturated carbocycles. The first-order valence-electron chi connectivity index (χ1n) is 9.07. The standard InChI is InChI=1S/C20H23N5O/c1-7-21-8-2-16(1)3-9-22-20-18-4-10-25(13-17-6-12-26-14-17)11-5-19(18)23-15-24-20/h1-2,6-8,12,14-15H,3-5,9-11,13H2,(H,22,23,24). The molecule has 4 heterocycles. The third-order valence-electron chi connectivity index (χ3n) is 4.82. The Morgan fingerprint density at radius 3 is 2.77 bits per heavy atom. The lowest BCUT2D eigenvalue weighted by atomic mass is 10.1. The van der Waals surface area contributed by atoms with E-state index in [4.69, 9.17) is 4.42 Å². The zero-order valence-corrected chi connectivity index (χ0v) is 14.8. The fraction of sp³-hybridized carbons (Fsp3) is 0.350. The van der Waals surface area contributed by atoms with Gasteiger partial charge in [0.05, 0.1) is 18.2 Å². The van der Waals surface area contributed by atoms with Crippen LogP contribution < -0.4 is 5.32 Å². The molecule has 3 aromatic rings. The van der Waals surface area contributed by atoms with Crippen LogP contribution in [0.2, 0.25) is 0 Å². The van der Waals surface area contributed by atoms with E-state index in [-0.39, 0.29) is 0 Å². The van der Waals surface area contributed by atoms with Gasteiger partial charge in [-0.2, -0.15) is 0 Å². The maximum atomic E-state index is 5.19. The first-order valence-corrected chi connectivity index (χ1v) is 9.07. The van der Waals surface area contributed by atoms with Crippen molar-refractivity contribution in [1.82, 2.24) is 19.9 Å². The molecular formula is C20H23N5O. The van der Waals surface area contributed by atoms with Crippen LogP contribution in [0.15, 0.2) is 53.9 Å². The van der Waals surface area contributed by atoms with Crippen LogP contribution in [0, 0.1) is 0 Å². The highest BCUT2D eigenvalue weighted by Crippen LogP contribution is 2.21. The van der Waals surface area contributed by atoms with Gasteiger partial charge in [0.25, 0.3) is 0 Å². The van der Waals surface area contributed by atoms with Gasteiger partial charge in [0.1, 0.15) is 12.1 Å². The predicted octanol–water partition coefficient (Wildman–Crippen LogP) is 2.72. The number of pyridine rings is 1. The fourth-order valence-electron chi connectivity index (χ4n) is 3.40. The minimum atomic E-state index is 0.853. The second-order valence-corrected chi connectivity index (χ2v) is 6.59. The minimum absolute atomic E-state index is 0.853. The smallest absolute Gasteiger partial charge is 0.132 e. The van der Waals surface area contributed by atoms with E-state index in [2.05, 4.69) is 37.3 Å². The number of nitrogens with one attached hydrogen (secondary N) is 1. The lowest BCUT2D eigenvalue weighted by Gasteiger charge is -2.18. The van der Waals surface area contributed by atoms with E-state index in [1.807, 2.05) is 24.7 Å². The molecule has 0 bridgehead atoms. The van der Waals surface area contributed by atoms with Gasteiger partial charge in [-0.1, -0.05) is 0 Å². The van der Waals surface area contributed by atoms with Crippen molar-refractivity contribution in [2.45, 2.75) is 25.8 Å². The SMILES string of the molecule is c1cc(CCNc2ncnc3c2CCN(Cc2ccoc2)CC3)ccn1. The van der Waals surface area contributed by atoms with Gasteiger partial charge in [-0.15, -0.1) is 0 Å². The van der Waals surface area contributed by atoms with Gasteiger partial charge in [-0.3, -0.25) is 9.88 Å². The monoisotopic (exact) mass is 349 g/mol. The van der Waals surface area contributed by atoms with Crippen LogP contribution in [0.5, 0.6) is 0 Å². The molecule has 0 unspecified atom stereocenters. The quantitative estimate of drug-likeness (QED) is 0.738. The minimum Gasteiger partial charge on any atom is -0.472 e. The average Bonchev–Trinajstić information content (AvgIpc) is 3.10. The van der Waals surface area contributed by atoms with E-state index in [0.29, 0.717) is 0 Å². The second kappa shape index (κ2) is 8.10. The molecule has 3 aromatic heterocycles. The molecule has 0 fully saturated rings. The largest absolute Gasteiger partial charge is 0.472 e. The summed E-state index contributed by atoms with van der Waals surface area (Å²) in [6.07, 6.45) is 11.8. The summed E-state index contributed by atoms with van der Waals surface area (Å²) in [5.41, 5.74) is 4.93. The van der Waals surface area contributed by atoms with Crippen molar-refractivity contribution in [2.24, 2.45) is 0 Å². The summed E-state index contributed by atoms with van der Waals surface area (Å²) in [7, 11) is 0. The molecule has 6 heteroatoms. The van der Waals surface area contributed by atoms with Crippen molar-refractivity contribution in [3.63, 3.8) is 0 Å². The maximum Gasteiger partial charge on any atom is 0.132 e. The van der Waals surface area contributed by atoms with Crippen LogP contribution in [-0.4, -0.2) is 39.5 Å². The van der Waals surface area contributed by atoms with Crippen LogP contribution in [-0.2, 0) is 25.8 Å². The summed E-state index contributed by atoms with van der Waals surface area (Å²) >= 11 is 0. The van der Waals surface area contributed by atoms with Gasteiger partial charge in [0.2, 0.25) is 0 Å². The molecule has 134 valence electrons. The van der Waals surface area contributed by atoms with Gasteiger partial charge in [0.15, 0.2) is 0 Å². The molecular weight excluding hydrogens is 326 g/mol. The second-order valence-electron chi connectivity index (χ2n) is 6.59. The summed E-state index contributed by atoms with van der Waals surface area (Å²) in [5.74, 6) is 0.981. The number of hydrogen-bond acceptors (Lipinski definition) is 6. The molecule has 26 heavy (non-hydrogen) atoms. The number of rotatable bonds is 6. The van der Waals surface area contributed by atoms with Crippen molar-refractivity contribution in [3.05, 3.63) is 71.8 Å².